The zero-order valence-corrected chi connectivity index (χ0v) is 20.5. The summed E-state index contributed by atoms with van der Waals surface area (Å²) in [4.78, 5) is 43.3. The molecule has 3 aliphatic rings. The molecule has 2 N–H and O–H groups in total. The van der Waals surface area contributed by atoms with Crippen molar-refractivity contribution in [2.45, 2.75) is 25.4 Å². The molecule has 0 spiro atoms. The summed E-state index contributed by atoms with van der Waals surface area (Å²) in [6, 6.07) is 19.4. The molecule has 8 nitrogen and oxygen atoms in total. The Bertz CT molecular complexity index is 1070. The van der Waals surface area contributed by atoms with Gasteiger partial charge in [0.15, 0.2) is 0 Å². The van der Waals surface area contributed by atoms with E-state index in [9.17, 15) is 19.5 Å². The van der Waals surface area contributed by atoms with E-state index in [1.807, 2.05) is 70.5 Å². The molecule has 3 saturated heterocycles. The average molecular weight is 491 g/mol. The van der Waals surface area contributed by atoms with E-state index in [1.165, 1.54) is 0 Å². The van der Waals surface area contributed by atoms with E-state index in [-0.39, 0.29) is 23.8 Å². The van der Waals surface area contributed by atoms with Crippen molar-refractivity contribution >= 4 is 17.9 Å². The minimum Gasteiger partial charge on any atom is -0.465 e. The van der Waals surface area contributed by atoms with Crippen LogP contribution in [-0.4, -0.2) is 77.0 Å². The number of fused-ring (bicyclic) bond motifs is 1. The van der Waals surface area contributed by atoms with Gasteiger partial charge in [0.2, 0.25) is 11.8 Å². The van der Waals surface area contributed by atoms with Crippen LogP contribution in [0.3, 0.4) is 0 Å². The van der Waals surface area contributed by atoms with E-state index in [2.05, 4.69) is 10.2 Å². The second-order valence-electron chi connectivity index (χ2n) is 10.4. The standard InChI is InChI=1S/C28H34N4O4/c33-26-13-22(17-31(26)14-20-7-3-1-4-8-20)27(34)32-18-23-15-30(16-24(23)19-32)12-11-25(29-28(35)36)21-9-5-2-6-10-21/h1-10,22-25,29H,11-19H2,(H,35,36)/t22-,23?,24?,25?/m0/s1. The van der Waals surface area contributed by atoms with Crippen molar-refractivity contribution in [2.75, 3.05) is 39.3 Å². The lowest BCUT2D eigenvalue weighted by Crippen LogP contribution is -2.38. The molecule has 5 rings (SSSR count). The molecular formula is C28H34N4O4. The molecule has 0 aliphatic carbocycles. The summed E-state index contributed by atoms with van der Waals surface area (Å²) in [5, 5.41) is 11.9. The predicted octanol–water partition coefficient (Wildman–Crippen LogP) is 2.82. The monoisotopic (exact) mass is 490 g/mol. The Labute approximate surface area is 211 Å². The highest BCUT2D eigenvalue weighted by molar-refractivity contribution is 5.89. The zero-order valence-electron chi connectivity index (χ0n) is 20.5. The number of likely N-dealkylation sites (tertiary alicyclic amines) is 3. The smallest absolute Gasteiger partial charge is 0.405 e. The average Bonchev–Trinajstić information content (AvgIpc) is 3.56. The fraction of sp³-hybridized carbons (Fsp3) is 0.464. The van der Waals surface area contributed by atoms with E-state index >= 15 is 0 Å². The molecular weight excluding hydrogens is 456 g/mol. The van der Waals surface area contributed by atoms with Gasteiger partial charge in [-0.05, 0) is 29.4 Å². The summed E-state index contributed by atoms with van der Waals surface area (Å²) < 4.78 is 0. The van der Waals surface area contributed by atoms with Crippen molar-refractivity contribution < 1.29 is 19.5 Å². The van der Waals surface area contributed by atoms with Crippen LogP contribution in [0.1, 0.15) is 30.0 Å². The SMILES string of the molecule is O=C(O)NC(CCN1CC2CN(C(=O)[C@H]3CC(=O)N(Cc4ccccc4)C3)CC2C1)c1ccccc1. The molecule has 190 valence electrons. The minimum atomic E-state index is -1.01. The third kappa shape index (κ3) is 5.54. The van der Waals surface area contributed by atoms with Crippen LogP contribution in [0.2, 0.25) is 0 Å². The van der Waals surface area contributed by atoms with Crippen LogP contribution >= 0.6 is 0 Å². The molecule has 3 amide bonds. The highest BCUT2D eigenvalue weighted by Gasteiger charge is 2.44. The van der Waals surface area contributed by atoms with E-state index in [1.54, 1.807) is 0 Å². The maximum absolute atomic E-state index is 13.2. The Hall–Kier alpha value is -3.39. The summed E-state index contributed by atoms with van der Waals surface area (Å²) in [6.07, 6.45) is 0.00463. The number of benzene rings is 2. The van der Waals surface area contributed by atoms with Crippen molar-refractivity contribution in [1.29, 1.82) is 0 Å². The van der Waals surface area contributed by atoms with Gasteiger partial charge in [0.05, 0.1) is 12.0 Å². The third-order valence-corrected chi connectivity index (χ3v) is 7.89. The van der Waals surface area contributed by atoms with Gasteiger partial charge in [-0.3, -0.25) is 9.59 Å². The van der Waals surface area contributed by atoms with Crippen molar-refractivity contribution in [1.82, 2.24) is 20.0 Å². The van der Waals surface area contributed by atoms with Crippen LogP contribution < -0.4 is 5.32 Å². The molecule has 36 heavy (non-hydrogen) atoms. The fourth-order valence-corrected chi connectivity index (χ4v) is 6.07. The lowest BCUT2D eigenvalue weighted by Gasteiger charge is -2.25. The van der Waals surface area contributed by atoms with E-state index < -0.39 is 6.09 Å². The van der Waals surface area contributed by atoms with Crippen LogP contribution in [0.15, 0.2) is 60.7 Å². The predicted molar refractivity (Wildman–Crippen MR) is 135 cm³/mol. The Morgan fingerprint density at radius 1 is 0.917 bits per heavy atom. The number of nitrogens with zero attached hydrogens (tertiary/aromatic N) is 3. The minimum absolute atomic E-state index is 0.0608. The Morgan fingerprint density at radius 3 is 2.19 bits per heavy atom. The molecule has 0 bridgehead atoms. The first-order valence-electron chi connectivity index (χ1n) is 12.8. The number of carbonyl (C=O) groups is 3. The lowest BCUT2D eigenvalue weighted by molar-refractivity contribution is -0.135. The number of rotatable bonds is 8. The van der Waals surface area contributed by atoms with E-state index in [0.29, 0.717) is 37.8 Å². The quantitative estimate of drug-likeness (QED) is 0.594. The van der Waals surface area contributed by atoms with Crippen LogP contribution in [-0.2, 0) is 16.1 Å². The van der Waals surface area contributed by atoms with Gasteiger partial charge in [-0.25, -0.2) is 4.79 Å². The second-order valence-corrected chi connectivity index (χ2v) is 10.4. The lowest BCUT2D eigenvalue weighted by atomic mass is 10.0. The highest BCUT2D eigenvalue weighted by atomic mass is 16.4. The largest absolute Gasteiger partial charge is 0.465 e. The van der Waals surface area contributed by atoms with Crippen molar-refractivity contribution in [3.05, 3.63) is 71.8 Å². The van der Waals surface area contributed by atoms with Crippen LogP contribution in [0, 0.1) is 17.8 Å². The highest BCUT2D eigenvalue weighted by Crippen LogP contribution is 2.34. The molecule has 3 fully saturated rings. The molecule has 0 aromatic heterocycles. The number of hydrogen-bond acceptors (Lipinski definition) is 4. The van der Waals surface area contributed by atoms with E-state index in [4.69, 9.17) is 0 Å². The number of carbonyl (C=O) groups excluding carboxylic acids is 2. The zero-order chi connectivity index (χ0) is 25.1. The number of amides is 3. The van der Waals surface area contributed by atoms with Gasteiger partial charge >= 0.3 is 6.09 Å². The Balaban J connectivity index is 1.10. The molecule has 2 aromatic rings. The summed E-state index contributed by atoms with van der Waals surface area (Å²) in [7, 11) is 0. The summed E-state index contributed by atoms with van der Waals surface area (Å²) >= 11 is 0. The van der Waals surface area contributed by atoms with Gasteiger partial charge in [-0.2, -0.15) is 0 Å². The van der Waals surface area contributed by atoms with Gasteiger partial charge in [-0.1, -0.05) is 60.7 Å². The maximum atomic E-state index is 13.2. The van der Waals surface area contributed by atoms with Gasteiger partial charge in [0.25, 0.3) is 0 Å². The fourth-order valence-electron chi connectivity index (χ4n) is 6.07. The molecule has 4 atom stereocenters. The molecule has 3 heterocycles. The Morgan fingerprint density at radius 2 is 1.56 bits per heavy atom. The van der Waals surface area contributed by atoms with Crippen molar-refractivity contribution in [3.8, 4) is 0 Å². The van der Waals surface area contributed by atoms with Crippen LogP contribution in [0.25, 0.3) is 0 Å². The normalized spacial score (nSPS) is 24.7. The Kier molecular flexibility index (Phi) is 7.23. The summed E-state index contributed by atoms with van der Waals surface area (Å²) in [5.41, 5.74) is 2.06. The molecule has 0 saturated carbocycles. The molecule has 3 unspecified atom stereocenters. The van der Waals surface area contributed by atoms with Crippen molar-refractivity contribution in [2.24, 2.45) is 17.8 Å². The first-order valence-corrected chi connectivity index (χ1v) is 12.8. The molecule has 0 radical (unpaired) electrons. The molecule has 8 heteroatoms. The van der Waals surface area contributed by atoms with Gasteiger partial charge in [0.1, 0.15) is 0 Å². The van der Waals surface area contributed by atoms with Crippen molar-refractivity contribution in [3.63, 3.8) is 0 Å². The second kappa shape index (κ2) is 10.7. The van der Waals surface area contributed by atoms with Crippen LogP contribution in [0.5, 0.6) is 0 Å². The first-order chi connectivity index (χ1) is 17.5. The van der Waals surface area contributed by atoms with Gasteiger partial charge < -0.3 is 25.1 Å². The van der Waals surface area contributed by atoms with Gasteiger partial charge in [-0.15, -0.1) is 0 Å². The molecule has 3 aliphatic heterocycles. The summed E-state index contributed by atoms with van der Waals surface area (Å²) in [6.45, 7) is 5.22. The molecule has 2 aromatic carbocycles. The number of nitrogens with one attached hydrogen (secondary N) is 1. The number of hydrogen-bond donors (Lipinski definition) is 2. The van der Waals surface area contributed by atoms with Gasteiger partial charge in [0, 0.05) is 52.2 Å². The van der Waals surface area contributed by atoms with Crippen LogP contribution in [0.4, 0.5) is 4.79 Å². The topological polar surface area (TPSA) is 93.2 Å². The maximum Gasteiger partial charge on any atom is 0.405 e. The third-order valence-electron chi connectivity index (χ3n) is 7.89. The van der Waals surface area contributed by atoms with E-state index in [0.717, 1.165) is 43.9 Å². The first kappa shape index (κ1) is 24.3. The number of carboxylic acid groups (broad SMARTS) is 1. The summed E-state index contributed by atoms with van der Waals surface area (Å²) in [5.74, 6) is 0.813.